The molecule has 0 saturated heterocycles. The number of fused-ring (bicyclic) bond motifs is 1. The van der Waals surface area contributed by atoms with Crippen LogP contribution >= 0.6 is 0 Å². The summed E-state index contributed by atoms with van der Waals surface area (Å²) in [6.45, 7) is 4.35. The van der Waals surface area contributed by atoms with E-state index in [0.29, 0.717) is 13.0 Å². The average molecular weight is 523 g/mol. The Balaban J connectivity index is 1.39. The molecule has 202 valence electrons. The quantitative estimate of drug-likeness (QED) is 0.269. The van der Waals surface area contributed by atoms with E-state index in [1.807, 2.05) is 86.9 Å². The molecule has 0 bridgehead atoms. The highest BCUT2D eigenvalue weighted by Gasteiger charge is 2.40. The van der Waals surface area contributed by atoms with Gasteiger partial charge in [0.1, 0.15) is 5.54 Å². The van der Waals surface area contributed by atoms with Crippen LogP contribution in [0.3, 0.4) is 0 Å². The summed E-state index contributed by atoms with van der Waals surface area (Å²) in [6.07, 6.45) is 9.79. The zero-order chi connectivity index (χ0) is 27.3. The summed E-state index contributed by atoms with van der Waals surface area (Å²) in [5, 5.41) is 7.45. The number of nitrogens with zero attached hydrogens (tertiary/aromatic N) is 1. The van der Waals surface area contributed by atoms with Crippen LogP contribution in [0, 0.1) is 6.92 Å². The number of rotatable bonds is 9. The lowest BCUT2D eigenvalue weighted by Crippen LogP contribution is -2.60. The molecule has 2 heterocycles. The number of nitrogens with one attached hydrogen (secondary N) is 3. The highest BCUT2D eigenvalue weighted by molar-refractivity contribution is 5.93. The number of carbonyl (C=O) groups excluding carboxylic acids is 2. The number of hydrogen-bond donors (Lipinski definition) is 3. The second-order valence-electron chi connectivity index (χ2n) is 11.3. The van der Waals surface area contributed by atoms with Gasteiger partial charge >= 0.3 is 0 Å². The smallest absolute Gasteiger partial charge is 0.245 e. The molecular formula is C33H38N4O2. The average Bonchev–Trinajstić information content (AvgIpc) is 3.35. The van der Waals surface area contributed by atoms with Crippen molar-refractivity contribution in [1.82, 2.24) is 20.6 Å². The van der Waals surface area contributed by atoms with Crippen molar-refractivity contribution in [2.75, 3.05) is 6.54 Å². The fourth-order valence-corrected chi connectivity index (χ4v) is 6.07. The fourth-order valence-electron chi connectivity index (χ4n) is 6.07. The third kappa shape index (κ3) is 6.06. The predicted octanol–water partition coefficient (Wildman–Crippen LogP) is 5.55. The van der Waals surface area contributed by atoms with Crippen molar-refractivity contribution in [1.29, 1.82) is 0 Å². The maximum atomic E-state index is 14.0. The van der Waals surface area contributed by atoms with Gasteiger partial charge in [-0.25, -0.2) is 0 Å². The van der Waals surface area contributed by atoms with Gasteiger partial charge in [-0.05, 0) is 56.0 Å². The van der Waals surface area contributed by atoms with Crippen LogP contribution in [0.1, 0.15) is 61.4 Å². The number of para-hydroxylation sites is 1. The highest BCUT2D eigenvalue weighted by atomic mass is 16.2. The Morgan fingerprint density at radius 1 is 1.00 bits per heavy atom. The molecule has 1 saturated carbocycles. The van der Waals surface area contributed by atoms with Crippen LogP contribution in [0.15, 0.2) is 79.1 Å². The first kappa shape index (κ1) is 26.7. The molecular weight excluding hydrogens is 484 g/mol. The van der Waals surface area contributed by atoms with Crippen LogP contribution in [-0.4, -0.2) is 33.9 Å². The summed E-state index contributed by atoms with van der Waals surface area (Å²) in [4.78, 5) is 35.3. The lowest BCUT2D eigenvalue weighted by molar-refractivity contribution is -0.133. The van der Waals surface area contributed by atoms with Crippen LogP contribution in [0.25, 0.3) is 10.9 Å². The fraction of sp³-hybridized carbons (Fsp3) is 0.364. The Labute approximate surface area is 230 Å². The van der Waals surface area contributed by atoms with Crippen LogP contribution in [-0.2, 0) is 27.8 Å². The largest absolute Gasteiger partial charge is 0.361 e. The summed E-state index contributed by atoms with van der Waals surface area (Å²) in [6, 6.07) is 22.0. The van der Waals surface area contributed by atoms with Gasteiger partial charge in [-0.1, -0.05) is 73.4 Å². The minimum absolute atomic E-state index is 0.171. The number of carbonyl (C=O) groups is 2. The van der Waals surface area contributed by atoms with Crippen LogP contribution in [0.2, 0.25) is 0 Å². The van der Waals surface area contributed by atoms with Gasteiger partial charge in [0.05, 0.1) is 6.42 Å². The van der Waals surface area contributed by atoms with Crippen LogP contribution in [0.4, 0.5) is 0 Å². The standard InChI is InChI=1S/C33H38N4O2/c1-24-11-10-12-25(19-24)20-30(38)37-32(2,21-26-22-35-28-14-5-4-13-27(26)28)31(39)36-23-33(16-7-3-8-17-33)29-15-6-9-18-34-29/h4-6,9-15,18-19,22,35H,3,7-8,16-17,20-21,23H2,1-2H3,(H,36,39)(H,37,38)/t32-/m0/s1. The number of H-pyrrole nitrogens is 1. The first-order valence-electron chi connectivity index (χ1n) is 14.0. The second kappa shape index (κ2) is 11.4. The van der Waals surface area contributed by atoms with E-state index in [4.69, 9.17) is 0 Å². The Morgan fingerprint density at radius 3 is 2.56 bits per heavy atom. The summed E-state index contributed by atoms with van der Waals surface area (Å²) < 4.78 is 0. The predicted molar refractivity (Wildman–Crippen MR) is 155 cm³/mol. The summed E-state index contributed by atoms with van der Waals surface area (Å²) in [7, 11) is 0. The number of aromatic nitrogens is 2. The number of benzene rings is 2. The third-order valence-electron chi connectivity index (χ3n) is 8.19. The van der Waals surface area contributed by atoms with Gasteiger partial charge in [-0.3, -0.25) is 14.6 Å². The minimum Gasteiger partial charge on any atom is -0.361 e. The van der Waals surface area contributed by atoms with Gasteiger partial charge in [-0.15, -0.1) is 0 Å². The van der Waals surface area contributed by atoms with E-state index >= 15 is 0 Å². The Hall–Kier alpha value is -3.93. The lowest BCUT2D eigenvalue weighted by atomic mass is 9.71. The molecule has 1 aliphatic carbocycles. The van der Waals surface area contributed by atoms with Crippen LogP contribution in [0.5, 0.6) is 0 Å². The van der Waals surface area contributed by atoms with Crippen molar-refractivity contribution in [3.8, 4) is 0 Å². The first-order valence-corrected chi connectivity index (χ1v) is 14.0. The normalized spacial score (nSPS) is 16.4. The van der Waals surface area contributed by atoms with Crippen molar-refractivity contribution >= 4 is 22.7 Å². The zero-order valence-corrected chi connectivity index (χ0v) is 22.9. The van der Waals surface area contributed by atoms with E-state index < -0.39 is 5.54 Å². The Bertz CT molecular complexity index is 1440. The molecule has 2 aromatic heterocycles. The van der Waals surface area contributed by atoms with Gasteiger partial charge in [0.15, 0.2) is 0 Å². The van der Waals surface area contributed by atoms with E-state index in [1.54, 1.807) is 0 Å². The summed E-state index contributed by atoms with van der Waals surface area (Å²) >= 11 is 0. The highest BCUT2D eigenvalue weighted by Crippen LogP contribution is 2.38. The van der Waals surface area contributed by atoms with E-state index in [2.05, 4.69) is 26.7 Å². The molecule has 3 N–H and O–H groups in total. The van der Waals surface area contributed by atoms with E-state index in [9.17, 15) is 9.59 Å². The SMILES string of the molecule is Cc1cccc(CC(=O)N[C@@](C)(Cc2c[nH]c3ccccc23)C(=O)NCC2(c3ccccn3)CCCCC2)c1. The molecule has 6 heteroatoms. The molecule has 0 radical (unpaired) electrons. The molecule has 1 atom stereocenters. The number of hydrogen-bond acceptors (Lipinski definition) is 3. The lowest BCUT2D eigenvalue weighted by Gasteiger charge is -2.38. The number of amides is 2. The van der Waals surface area contributed by atoms with E-state index in [0.717, 1.165) is 59.0 Å². The topological polar surface area (TPSA) is 86.9 Å². The van der Waals surface area contributed by atoms with Crippen molar-refractivity contribution in [3.63, 3.8) is 0 Å². The molecule has 0 spiro atoms. The van der Waals surface area contributed by atoms with Crippen molar-refractivity contribution in [2.24, 2.45) is 0 Å². The maximum absolute atomic E-state index is 14.0. The van der Waals surface area contributed by atoms with Gasteiger partial charge in [0, 0.05) is 47.4 Å². The molecule has 6 nitrogen and oxygen atoms in total. The molecule has 1 fully saturated rings. The summed E-state index contributed by atoms with van der Waals surface area (Å²) in [5.41, 5.74) is 3.75. The van der Waals surface area contributed by atoms with Crippen molar-refractivity contribution < 1.29 is 9.59 Å². The maximum Gasteiger partial charge on any atom is 0.245 e. The molecule has 5 rings (SSSR count). The molecule has 2 aromatic carbocycles. The molecule has 0 aliphatic heterocycles. The van der Waals surface area contributed by atoms with Crippen LogP contribution < -0.4 is 10.6 Å². The van der Waals surface area contributed by atoms with Gasteiger partial charge in [0.25, 0.3) is 0 Å². The Kier molecular flexibility index (Phi) is 7.82. The van der Waals surface area contributed by atoms with E-state index in [-0.39, 0.29) is 23.7 Å². The summed E-state index contributed by atoms with van der Waals surface area (Å²) in [5.74, 6) is -0.346. The number of aryl methyl sites for hydroxylation is 1. The minimum atomic E-state index is -1.13. The first-order chi connectivity index (χ1) is 18.9. The van der Waals surface area contributed by atoms with Gasteiger partial charge < -0.3 is 15.6 Å². The van der Waals surface area contributed by atoms with Gasteiger partial charge in [-0.2, -0.15) is 0 Å². The zero-order valence-electron chi connectivity index (χ0n) is 22.9. The van der Waals surface area contributed by atoms with Crippen molar-refractivity contribution in [2.45, 2.75) is 69.7 Å². The monoisotopic (exact) mass is 522 g/mol. The Morgan fingerprint density at radius 2 is 1.79 bits per heavy atom. The second-order valence-corrected chi connectivity index (χ2v) is 11.3. The molecule has 1 aliphatic rings. The molecule has 4 aromatic rings. The van der Waals surface area contributed by atoms with Crippen molar-refractivity contribution in [3.05, 3.63) is 102 Å². The van der Waals surface area contributed by atoms with Gasteiger partial charge in [0.2, 0.25) is 11.8 Å². The number of pyridine rings is 1. The third-order valence-corrected chi connectivity index (χ3v) is 8.19. The molecule has 0 unspecified atom stereocenters. The molecule has 39 heavy (non-hydrogen) atoms. The number of aromatic amines is 1. The molecule has 2 amide bonds. The van der Waals surface area contributed by atoms with E-state index in [1.165, 1.54) is 6.42 Å².